The van der Waals surface area contributed by atoms with Crippen molar-refractivity contribution >= 4 is 5.97 Å². The minimum Gasteiger partial charge on any atom is -0.497 e. The molecule has 0 aliphatic heterocycles. The van der Waals surface area contributed by atoms with Gasteiger partial charge in [0.05, 0.1) is 27.4 Å². The van der Waals surface area contributed by atoms with Crippen molar-refractivity contribution in [2.45, 2.75) is 13.5 Å². The molecule has 0 heterocycles. The van der Waals surface area contributed by atoms with Crippen molar-refractivity contribution in [2.75, 3.05) is 34.4 Å². The van der Waals surface area contributed by atoms with E-state index in [1.165, 1.54) is 0 Å². The maximum Gasteiger partial charge on any atom is 0.320 e. The van der Waals surface area contributed by atoms with Crippen LogP contribution >= 0.6 is 0 Å². The fraction of sp³-hybridized carbons (Fsp3) is 0.500. The van der Waals surface area contributed by atoms with Crippen LogP contribution in [0.3, 0.4) is 0 Å². The molecule has 0 atom stereocenters. The molecule has 0 aromatic heterocycles. The maximum atomic E-state index is 11.4. The molecule has 0 N–H and O–H groups in total. The number of ether oxygens (including phenoxy) is 3. The molecule has 5 heteroatoms. The van der Waals surface area contributed by atoms with Crippen LogP contribution in [0.15, 0.2) is 18.2 Å². The van der Waals surface area contributed by atoms with E-state index in [2.05, 4.69) is 0 Å². The third kappa shape index (κ3) is 4.79. The molecular formula is C14H21NO4. The van der Waals surface area contributed by atoms with E-state index in [0.29, 0.717) is 13.2 Å². The van der Waals surface area contributed by atoms with Crippen molar-refractivity contribution < 1.29 is 19.0 Å². The molecule has 1 rings (SSSR count). The topological polar surface area (TPSA) is 48.0 Å². The van der Waals surface area contributed by atoms with E-state index in [0.717, 1.165) is 17.1 Å². The molecule has 0 saturated heterocycles. The molecule has 106 valence electrons. The largest absolute Gasteiger partial charge is 0.497 e. The van der Waals surface area contributed by atoms with Gasteiger partial charge in [-0.3, -0.25) is 9.69 Å². The lowest BCUT2D eigenvalue weighted by Gasteiger charge is -2.18. The Morgan fingerprint density at radius 2 is 2.00 bits per heavy atom. The van der Waals surface area contributed by atoms with Gasteiger partial charge in [0.25, 0.3) is 0 Å². The van der Waals surface area contributed by atoms with E-state index >= 15 is 0 Å². The molecule has 0 spiro atoms. The molecule has 0 unspecified atom stereocenters. The SMILES string of the molecule is CCOC(=O)CN(C)Cc1cc(OC)ccc1OC. The van der Waals surface area contributed by atoms with Gasteiger partial charge in [-0.2, -0.15) is 0 Å². The van der Waals surface area contributed by atoms with Crippen molar-refractivity contribution in [1.82, 2.24) is 4.90 Å². The molecule has 0 amide bonds. The van der Waals surface area contributed by atoms with Crippen molar-refractivity contribution in [3.8, 4) is 11.5 Å². The lowest BCUT2D eigenvalue weighted by molar-refractivity contribution is -0.144. The van der Waals surface area contributed by atoms with E-state index in [-0.39, 0.29) is 12.5 Å². The van der Waals surface area contributed by atoms with E-state index in [4.69, 9.17) is 14.2 Å². The Bertz CT molecular complexity index is 420. The Hall–Kier alpha value is -1.75. The number of carbonyl (C=O) groups is 1. The van der Waals surface area contributed by atoms with Crippen molar-refractivity contribution in [2.24, 2.45) is 0 Å². The van der Waals surface area contributed by atoms with Crippen LogP contribution in [0.5, 0.6) is 11.5 Å². The number of methoxy groups -OCH3 is 2. The molecule has 1 aromatic rings. The second-order valence-corrected chi connectivity index (χ2v) is 4.16. The summed E-state index contributed by atoms with van der Waals surface area (Å²) in [6.07, 6.45) is 0. The average Bonchev–Trinajstić information content (AvgIpc) is 2.38. The van der Waals surface area contributed by atoms with Gasteiger partial charge >= 0.3 is 5.97 Å². The van der Waals surface area contributed by atoms with Crippen LogP contribution in [0, 0.1) is 0 Å². The number of hydrogen-bond donors (Lipinski definition) is 0. The Morgan fingerprint density at radius 1 is 1.26 bits per heavy atom. The smallest absolute Gasteiger partial charge is 0.320 e. The first-order chi connectivity index (χ1) is 9.10. The van der Waals surface area contributed by atoms with Crippen molar-refractivity contribution in [3.63, 3.8) is 0 Å². The minimum atomic E-state index is -0.230. The zero-order valence-electron chi connectivity index (χ0n) is 11.9. The molecule has 19 heavy (non-hydrogen) atoms. The molecule has 0 aliphatic rings. The predicted octanol–water partition coefficient (Wildman–Crippen LogP) is 1.70. The number of nitrogens with zero attached hydrogens (tertiary/aromatic N) is 1. The van der Waals surface area contributed by atoms with Crippen LogP contribution in [-0.4, -0.2) is 45.3 Å². The Balaban J connectivity index is 2.71. The summed E-state index contributed by atoms with van der Waals surface area (Å²) in [5, 5.41) is 0. The molecular weight excluding hydrogens is 246 g/mol. The van der Waals surface area contributed by atoms with E-state index in [9.17, 15) is 4.79 Å². The summed E-state index contributed by atoms with van der Waals surface area (Å²) >= 11 is 0. The number of hydrogen-bond acceptors (Lipinski definition) is 5. The Labute approximate surface area is 114 Å². The van der Waals surface area contributed by atoms with Gasteiger partial charge in [0, 0.05) is 12.1 Å². The first-order valence-electron chi connectivity index (χ1n) is 6.15. The predicted molar refractivity (Wildman–Crippen MR) is 72.5 cm³/mol. The fourth-order valence-corrected chi connectivity index (χ4v) is 1.78. The fourth-order valence-electron chi connectivity index (χ4n) is 1.78. The molecule has 0 bridgehead atoms. The number of likely N-dealkylation sites (N-methyl/N-ethyl adjacent to an activating group) is 1. The van der Waals surface area contributed by atoms with Gasteiger partial charge in [-0.05, 0) is 32.2 Å². The highest BCUT2D eigenvalue weighted by atomic mass is 16.5. The van der Waals surface area contributed by atoms with Gasteiger partial charge in [0.1, 0.15) is 11.5 Å². The highest BCUT2D eigenvalue weighted by Gasteiger charge is 2.11. The summed E-state index contributed by atoms with van der Waals surface area (Å²) in [6.45, 7) is 3.02. The number of carbonyl (C=O) groups excluding carboxylic acids is 1. The molecule has 0 saturated carbocycles. The summed E-state index contributed by atoms with van der Waals surface area (Å²) in [5.41, 5.74) is 0.966. The zero-order chi connectivity index (χ0) is 14.3. The first-order valence-corrected chi connectivity index (χ1v) is 6.15. The number of rotatable bonds is 7. The molecule has 5 nitrogen and oxygen atoms in total. The average molecular weight is 267 g/mol. The van der Waals surface area contributed by atoms with E-state index in [1.54, 1.807) is 21.1 Å². The van der Waals surface area contributed by atoms with Gasteiger partial charge in [-0.1, -0.05) is 0 Å². The highest BCUT2D eigenvalue weighted by molar-refractivity contribution is 5.71. The van der Waals surface area contributed by atoms with Crippen LogP contribution in [-0.2, 0) is 16.1 Å². The standard InChI is InChI=1S/C14H21NO4/c1-5-19-14(16)10-15(2)9-11-8-12(17-3)6-7-13(11)18-4/h6-8H,5,9-10H2,1-4H3. The van der Waals surface area contributed by atoms with E-state index < -0.39 is 0 Å². The van der Waals surface area contributed by atoms with Crippen LogP contribution in [0.4, 0.5) is 0 Å². The highest BCUT2D eigenvalue weighted by Crippen LogP contribution is 2.24. The van der Waals surface area contributed by atoms with Crippen LogP contribution in [0.2, 0.25) is 0 Å². The van der Waals surface area contributed by atoms with Crippen LogP contribution in [0.1, 0.15) is 12.5 Å². The summed E-state index contributed by atoms with van der Waals surface area (Å²) in [4.78, 5) is 13.3. The lowest BCUT2D eigenvalue weighted by atomic mass is 10.1. The molecule has 0 radical (unpaired) electrons. The molecule has 0 aliphatic carbocycles. The normalized spacial score (nSPS) is 10.4. The summed E-state index contributed by atoms with van der Waals surface area (Å²) in [6, 6.07) is 5.60. The van der Waals surface area contributed by atoms with Crippen LogP contribution in [0.25, 0.3) is 0 Å². The Kier molecular flexibility index (Phi) is 6.15. The second-order valence-electron chi connectivity index (χ2n) is 4.16. The van der Waals surface area contributed by atoms with Gasteiger partial charge in [0.15, 0.2) is 0 Å². The monoisotopic (exact) mass is 267 g/mol. The Morgan fingerprint density at radius 3 is 2.58 bits per heavy atom. The summed E-state index contributed by atoms with van der Waals surface area (Å²) < 4.78 is 15.4. The number of esters is 1. The second kappa shape index (κ2) is 7.63. The lowest BCUT2D eigenvalue weighted by Crippen LogP contribution is -2.27. The molecule has 1 aromatic carbocycles. The third-order valence-corrected chi connectivity index (χ3v) is 2.63. The number of benzene rings is 1. The molecule has 0 fully saturated rings. The summed E-state index contributed by atoms with van der Waals surface area (Å²) in [5.74, 6) is 1.31. The minimum absolute atomic E-state index is 0.230. The van der Waals surface area contributed by atoms with Crippen molar-refractivity contribution in [1.29, 1.82) is 0 Å². The van der Waals surface area contributed by atoms with E-state index in [1.807, 2.05) is 30.1 Å². The first kappa shape index (κ1) is 15.3. The van der Waals surface area contributed by atoms with Crippen LogP contribution < -0.4 is 9.47 Å². The van der Waals surface area contributed by atoms with Gasteiger partial charge < -0.3 is 14.2 Å². The van der Waals surface area contributed by atoms with Gasteiger partial charge in [0.2, 0.25) is 0 Å². The van der Waals surface area contributed by atoms with Gasteiger partial charge in [-0.25, -0.2) is 0 Å². The maximum absolute atomic E-state index is 11.4. The summed E-state index contributed by atoms with van der Waals surface area (Å²) in [7, 11) is 5.10. The third-order valence-electron chi connectivity index (χ3n) is 2.63. The zero-order valence-corrected chi connectivity index (χ0v) is 11.9. The quantitative estimate of drug-likeness (QED) is 0.704. The van der Waals surface area contributed by atoms with Gasteiger partial charge in [-0.15, -0.1) is 0 Å². The van der Waals surface area contributed by atoms with Crippen molar-refractivity contribution in [3.05, 3.63) is 23.8 Å².